The van der Waals surface area contributed by atoms with Crippen LogP contribution in [0.3, 0.4) is 0 Å². The molecule has 2 heterocycles. The van der Waals surface area contributed by atoms with Crippen LogP contribution >= 0.6 is 0 Å². The Morgan fingerprint density at radius 3 is 2.70 bits per heavy atom. The molecule has 23 heavy (non-hydrogen) atoms. The van der Waals surface area contributed by atoms with Crippen molar-refractivity contribution in [2.45, 2.75) is 33.7 Å². The number of phenolic OH excluding ortho intramolecular Hbond substituents is 1. The molecule has 0 aliphatic carbocycles. The van der Waals surface area contributed by atoms with E-state index in [0.717, 1.165) is 49.2 Å². The Bertz CT molecular complexity index is 818. The second-order valence-corrected chi connectivity index (χ2v) is 6.08. The van der Waals surface area contributed by atoms with Crippen LogP contribution in [0.2, 0.25) is 0 Å². The summed E-state index contributed by atoms with van der Waals surface area (Å²) in [5.41, 5.74) is 3.36. The van der Waals surface area contributed by atoms with Crippen LogP contribution in [0.1, 0.15) is 25.8 Å². The highest BCUT2D eigenvalue weighted by Crippen LogP contribution is 2.33. The zero-order valence-electron chi connectivity index (χ0n) is 14.2. The number of nitrogens with zero attached hydrogens (tertiary/aromatic N) is 3. The molecule has 3 aromatic rings. The minimum absolute atomic E-state index is 0.329. The average Bonchev–Trinajstić information content (AvgIpc) is 2.85. The monoisotopic (exact) mass is 311 g/mol. The van der Waals surface area contributed by atoms with Gasteiger partial charge >= 0.3 is 0 Å². The maximum atomic E-state index is 10.0. The standard InChI is InChI=1S/C19H25N3O/c1-4-21(5-2)9-6-10-22-17-12-15(23)11-14(3)19(17)16-7-8-20-13-18(16)22/h7-8,11-13,23H,4-6,9-10H2,1-3H3. The smallest absolute Gasteiger partial charge is 0.117 e. The van der Waals surface area contributed by atoms with Crippen molar-refractivity contribution in [2.75, 3.05) is 19.6 Å². The molecule has 0 fully saturated rings. The molecular formula is C19H25N3O. The van der Waals surface area contributed by atoms with Gasteiger partial charge in [-0.2, -0.15) is 0 Å². The number of benzene rings is 1. The molecule has 2 aromatic heterocycles. The fraction of sp³-hybridized carbons (Fsp3) is 0.421. The molecule has 3 rings (SSSR count). The van der Waals surface area contributed by atoms with Gasteiger partial charge in [-0.25, -0.2) is 0 Å². The molecule has 1 N–H and O–H groups in total. The molecule has 1 aromatic carbocycles. The van der Waals surface area contributed by atoms with Crippen LogP contribution < -0.4 is 0 Å². The first kappa shape index (κ1) is 15.8. The molecule has 0 aliphatic heterocycles. The van der Waals surface area contributed by atoms with Gasteiger partial charge in [0.05, 0.1) is 17.2 Å². The van der Waals surface area contributed by atoms with Crippen molar-refractivity contribution in [3.8, 4) is 5.75 Å². The maximum absolute atomic E-state index is 10.0. The Morgan fingerprint density at radius 1 is 1.17 bits per heavy atom. The molecule has 0 saturated carbocycles. The van der Waals surface area contributed by atoms with Gasteiger partial charge in [0.1, 0.15) is 5.75 Å². The number of aryl methyl sites for hydroxylation is 2. The van der Waals surface area contributed by atoms with Gasteiger partial charge in [0.2, 0.25) is 0 Å². The molecule has 0 bridgehead atoms. The van der Waals surface area contributed by atoms with Crippen LogP contribution in [-0.2, 0) is 6.54 Å². The minimum Gasteiger partial charge on any atom is -0.508 e. The fourth-order valence-electron chi connectivity index (χ4n) is 3.49. The number of rotatable bonds is 6. The number of hydrogen-bond acceptors (Lipinski definition) is 3. The third-order valence-electron chi connectivity index (χ3n) is 4.70. The second-order valence-electron chi connectivity index (χ2n) is 6.08. The summed E-state index contributed by atoms with van der Waals surface area (Å²) in [7, 11) is 0. The van der Waals surface area contributed by atoms with Gasteiger partial charge in [-0.15, -0.1) is 0 Å². The molecule has 0 saturated heterocycles. The third kappa shape index (κ3) is 2.91. The van der Waals surface area contributed by atoms with E-state index in [1.807, 2.05) is 24.5 Å². The summed E-state index contributed by atoms with van der Waals surface area (Å²) >= 11 is 0. The molecule has 122 valence electrons. The van der Waals surface area contributed by atoms with Crippen LogP contribution in [0.5, 0.6) is 5.75 Å². The van der Waals surface area contributed by atoms with Crippen molar-refractivity contribution in [1.82, 2.24) is 14.5 Å². The van der Waals surface area contributed by atoms with Gasteiger partial charge in [0, 0.05) is 29.6 Å². The molecular weight excluding hydrogens is 286 g/mol. The molecule has 0 amide bonds. The van der Waals surface area contributed by atoms with Crippen LogP contribution in [0.15, 0.2) is 30.6 Å². The number of fused-ring (bicyclic) bond motifs is 3. The molecule has 4 heteroatoms. The molecule has 0 unspecified atom stereocenters. The lowest BCUT2D eigenvalue weighted by atomic mass is 10.1. The van der Waals surface area contributed by atoms with Gasteiger partial charge in [-0.1, -0.05) is 13.8 Å². The number of aromatic hydroxyl groups is 1. The molecule has 4 nitrogen and oxygen atoms in total. The highest BCUT2D eigenvalue weighted by molar-refractivity contribution is 6.09. The van der Waals surface area contributed by atoms with Gasteiger partial charge in [0.25, 0.3) is 0 Å². The van der Waals surface area contributed by atoms with E-state index in [2.05, 4.69) is 41.3 Å². The Hall–Kier alpha value is -2.07. The van der Waals surface area contributed by atoms with Crippen molar-refractivity contribution in [1.29, 1.82) is 0 Å². The van der Waals surface area contributed by atoms with Crippen molar-refractivity contribution in [3.63, 3.8) is 0 Å². The van der Waals surface area contributed by atoms with Gasteiger partial charge in [-0.3, -0.25) is 4.98 Å². The Kier molecular flexibility index (Phi) is 4.53. The normalized spacial score (nSPS) is 11.8. The third-order valence-corrected chi connectivity index (χ3v) is 4.70. The van der Waals surface area contributed by atoms with Crippen molar-refractivity contribution < 1.29 is 5.11 Å². The Labute approximate surface area is 137 Å². The van der Waals surface area contributed by atoms with Crippen molar-refractivity contribution >= 4 is 21.8 Å². The molecule has 0 spiro atoms. The lowest BCUT2D eigenvalue weighted by molar-refractivity contribution is 0.294. The topological polar surface area (TPSA) is 41.3 Å². The summed E-state index contributed by atoms with van der Waals surface area (Å²) in [6, 6.07) is 5.78. The summed E-state index contributed by atoms with van der Waals surface area (Å²) in [6.45, 7) is 10.7. The zero-order valence-corrected chi connectivity index (χ0v) is 14.2. The molecule has 0 radical (unpaired) electrons. The van der Waals surface area contributed by atoms with Gasteiger partial charge in [0.15, 0.2) is 0 Å². The summed E-state index contributed by atoms with van der Waals surface area (Å²) in [5, 5.41) is 12.5. The lowest BCUT2D eigenvalue weighted by Crippen LogP contribution is -2.24. The minimum atomic E-state index is 0.329. The predicted molar refractivity (Wildman–Crippen MR) is 96.0 cm³/mol. The van der Waals surface area contributed by atoms with E-state index in [0.29, 0.717) is 5.75 Å². The SMILES string of the molecule is CCN(CC)CCCn1c2cnccc2c2c(C)cc(O)cc21. The first-order valence-corrected chi connectivity index (χ1v) is 8.43. The highest BCUT2D eigenvalue weighted by Gasteiger charge is 2.13. The van der Waals surface area contributed by atoms with Crippen LogP contribution in [0.4, 0.5) is 0 Å². The molecule has 0 atom stereocenters. The number of aromatic nitrogens is 2. The van der Waals surface area contributed by atoms with E-state index in [9.17, 15) is 5.11 Å². The van der Waals surface area contributed by atoms with Crippen LogP contribution in [-0.4, -0.2) is 39.2 Å². The number of phenols is 1. The van der Waals surface area contributed by atoms with E-state index in [1.54, 1.807) is 0 Å². The van der Waals surface area contributed by atoms with E-state index in [4.69, 9.17) is 0 Å². The number of hydrogen-bond donors (Lipinski definition) is 1. The fourth-order valence-corrected chi connectivity index (χ4v) is 3.49. The summed E-state index contributed by atoms with van der Waals surface area (Å²) in [6.07, 6.45) is 4.86. The summed E-state index contributed by atoms with van der Waals surface area (Å²) in [5.74, 6) is 0.329. The van der Waals surface area contributed by atoms with E-state index in [-0.39, 0.29) is 0 Å². The summed E-state index contributed by atoms with van der Waals surface area (Å²) < 4.78 is 2.30. The van der Waals surface area contributed by atoms with E-state index in [1.165, 1.54) is 10.8 Å². The lowest BCUT2D eigenvalue weighted by Gasteiger charge is -2.18. The second kappa shape index (κ2) is 6.59. The zero-order chi connectivity index (χ0) is 16.4. The van der Waals surface area contributed by atoms with Crippen LogP contribution in [0.25, 0.3) is 21.8 Å². The summed E-state index contributed by atoms with van der Waals surface area (Å²) in [4.78, 5) is 6.74. The quantitative estimate of drug-likeness (QED) is 0.750. The van der Waals surface area contributed by atoms with Gasteiger partial charge in [-0.05, 0) is 50.7 Å². The Balaban J connectivity index is 2.03. The molecule has 0 aliphatic rings. The van der Waals surface area contributed by atoms with E-state index < -0.39 is 0 Å². The Morgan fingerprint density at radius 2 is 1.96 bits per heavy atom. The van der Waals surface area contributed by atoms with Crippen molar-refractivity contribution in [3.05, 3.63) is 36.2 Å². The van der Waals surface area contributed by atoms with E-state index >= 15 is 0 Å². The highest BCUT2D eigenvalue weighted by atomic mass is 16.3. The first-order valence-electron chi connectivity index (χ1n) is 8.43. The largest absolute Gasteiger partial charge is 0.508 e. The van der Waals surface area contributed by atoms with Crippen molar-refractivity contribution in [2.24, 2.45) is 0 Å². The predicted octanol–water partition coefficient (Wildman–Crippen LogP) is 3.94. The average molecular weight is 311 g/mol. The van der Waals surface area contributed by atoms with Gasteiger partial charge < -0.3 is 14.6 Å². The maximum Gasteiger partial charge on any atom is 0.117 e. The number of pyridine rings is 1. The van der Waals surface area contributed by atoms with Crippen LogP contribution in [0, 0.1) is 6.92 Å². The first-order chi connectivity index (χ1) is 11.2.